The van der Waals surface area contributed by atoms with Gasteiger partial charge in [-0.05, 0) is 37.5 Å². The van der Waals surface area contributed by atoms with Crippen molar-refractivity contribution >= 4 is 11.8 Å². The van der Waals surface area contributed by atoms with Gasteiger partial charge in [0, 0.05) is 19.0 Å². The highest BCUT2D eigenvalue weighted by molar-refractivity contribution is 5.94. The Bertz CT molecular complexity index is 498. The van der Waals surface area contributed by atoms with E-state index in [1.807, 2.05) is 0 Å². The minimum atomic E-state index is -0.542. The van der Waals surface area contributed by atoms with Crippen LogP contribution in [0.15, 0.2) is 18.2 Å². The second-order valence-electron chi connectivity index (χ2n) is 4.83. The Morgan fingerprint density at radius 2 is 2.11 bits per heavy atom. The first-order valence-corrected chi connectivity index (χ1v) is 6.40. The second-order valence-corrected chi connectivity index (χ2v) is 4.83. The molecule has 1 aliphatic carbocycles. The fourth-order valence-electron chi connectivity index (χ4n) is 1.72. The Morgan fingerprint density at radius 3 is 2.74 bits per heavy atom. The summed E-state index contributed by atoms with van der Waals surface area (Å²) in [6, 6.07) is 4.76. The first kappa shape index (κ1) is 13.5. The predicted octanol–water partition coefficient (Wildman–Crippen LogP) is 1.53. The molecule has 102 valence electrons. The summed E-state index contributed by atoms with van der Waals surface area (Å²) in [5.41, 5.74) is 0.770. The average molecular weight is 264 g/mol. The number of benzene rings is 1. The van der Waals surface area contributed by atoms with Crippen LogP contribution in [0.4, 0.5) is 4.39 Å². The van der Waals surface area contributed by atoms with Gasteiger partial charge in [0.15, 0.2) is 0 Å². The van der Waals surface area contributed by atoms with Crippen molar-refractivity contribution in [2.45, 2.75) is 32.2 Å². The molecule has 0 aliphatic heterocycles. The summed E-state index contributed by atoms with van der Waals surface area (Å²) >= 11 is 0. The zero-order chi connectivity index (χ0) is 13.8. The summed E-state index contributed by atoms with van der Waals surface area (Å²) in [5.74, 6) is -1.11. The number of rotatable bonds is 5. The first-order valence-electron chi connectivity index (χ1n) is 6.40. The fourth-order valence-corrected chi connectivity index (χ4v) is 1.72. The highest BCUT2D eigenvalue weighted by atomic mass is 19.1. The van der Waals surface area contributed by atoms with Gasteiger partial charge in [-0.2, -0.15) is 0 Å². The Balaban J connectivity index is 1.78. The van der Waals surface area contributed by atoms with E-state index in [1.165, 1.54) is 12.1 Å². The van der Waals surface area contributed by atoms with Crippen molar-refractivity contribution in [2.75, 3.05) is 6.54 Å². The van der Waals surface area contributed by atoms with Gasteiger partial charge in [0.2, 0.25) is 5.91 Å². The molecular weight excluding hydrogens is 247 g/mol. The van der Waals surface area contributed by atoms with Crippen molar-refractivity contribution in [3.8, 4) is 0 Å². The molecule has 0 bridgehead atoms. The number of carbonyl (C=O) groups is 2. The predicted molar refractivity (Wildman–Crippen MR) is 69.3 cm³/mol. The van der Waals surface area contributed by atoms with Crippen LogP contribution in [0.2, 0.25) is 0 Å². The SMILES string of the molecule is Cc1ccc(C(=O)NCCC(=O)NC2CC2)c(F)c1. The molecule has 0 radical (unpaired) electrons. The van der Waals surface area contributed by atoms with Crippen LogP contribution in [0, 0.1) is 12.7 Å². The molecule has 2 rings (SSSR count). The van der Waals surface area contributed by atoms with Gasteiger partial charge in [0.1, 0.15) is 5.82 Å². The quantitative estimate of drug-likeness (QED) is 0.847. The summed E-state index contributed by atoms with van der Waals surface area (Å²) in [6.07, 6.45) is 2.29. The maximum Gasteiger partial charge on any atom is 0.254 e. The number of hydrogen-bond acceptors (Lipinski definition) is 2. The summed E-state index contributed by atoms with van der Waals surface area (Å²) < 4.78 is 13.5. The Morgan fingerprint density at radius 1 is 1.37 bits per heavy atom. The molecule has 1 aliphatic rings. The Labute approximate surface area is 111 Å². The van der Waals surface area contributed by atoms with E-state index in [1.54, 1.807) is 13.0 Å². The average Bonchev–Trinajstić information content (AvgIpc) is 3.12. The Hall–Kier alpha value is -1.91. The van der Waals surface area contributed by atoms with Gasteiger partial charge < -0.3 is 10.6 Å². The van der Waals surface area contributed by atoms with E-state index in [0.29, 0.717) is 6.04 Å². The lowest BCUT2D eigenvalue weighted by Crippen LogP contribution is -2.32. The molecule has 0 aromatic heterocycles. The molecule has 0 atom stereocenters. The van der Waals surface area contributed by atoms with Gasteiger partial charge in [-0.1, -0.05) is 6.07 Å². The first-order chi connectivity index (χ1) is 9.06. The molecule has 0 unspecified atom stereocenters. The van der Waals surface area contributed by atoms with E-state index in [2.05, 4.69) is 10.6 Å². The Kier molecular flexibility index (Phi) is 4.14. The number of aryl methyl sites for hydroxylation is 1. The molecule has 0 spiro atoms. The number of carbonyl (C=O) groups excluding carboxylic acids is 2. The third-order valence-corrected chi connectivity index (χ3v) is 2.95. The summed E-state index contributed by atoms with van der Waals surface area (Å²) in [4.78, 5) is 23.1. The van der Waals surface area contributed by atoms with Crippen molar-refractivity contribution in [2.24, 2.45) is 0 Å². The molecule has 1 aromatic rings. The van der Waals surface area contributed by atoms with Crippen LogP contribution in [0.1, 0.15) is 35.2 Å². The normalized spacial score (nSPS) is 14.0. The van der Waals surface area contributed by atoms with Crippen molar-refractivity contribution in [1.29, 1.82) is 0 Å². The van der Waals surface area contributed by atoms with Gasteiger partial charge in [-0.3, -0.25) is 9.59 Å². The van der Waals surface area contributed by atoms with E-state index < -0.39 is 11.7 Å². The number of hydrogen-bond donors (Lipinski definition) is 2. The molecule has 19 heavy (non-hydrogen) atoms. The minimum Gasteiger partial charge on any atom is -0.353 e. The lowest BCUT2D eigenvalue weighted by Gasteiger charge is -2.07. The fraction of sp³-hybridized carbons (Fsp3) is 0.429. The molecule has 1 saturated carbocycles. The lowest BCUT2D eigenvalue weighted by molar-refractivity contribution is -0.121. The number of halogens is 1. The van der Waals surface area contributed by atoms with E-state index in [4.69, 9.17) is 0 Å². The third-order valence-electron chi connectivity index (χ3n) is 2.95. The van der Waals surface area contributed by atoms with E-state index in [-0.39, 0.29) is 24.4 Å². The minimum absolute atomic E-state index is 0.00759. The summed E-state index contributed by atoms with van der Waals surface area (Å²) in [7, 11) is 0. The van der Waals surface area contributed by atoms with Gasteiger partial charge >= 0.3 is 0 Å². The molecule has 2 N–H and O–H groups in total. The van der Waals surface area contributed by atoms with Crippen LogP contribution < -0.4 is 10.6 Å². The molecule has 1 aromatic carbocycles. The largest absolute Gasteiger partial charge is 0.353 e. The van der Waals surface area contributed by atoms with Crippen LogP contribution in [-0.4, -0.2) is 24.4 Å². The van der Waals surface area contributed by atoms with Crippen LogP contribution in [0.25, 0.3) is 0 Å². The summed E-state index contributed by atoms with van der Waals surface area (Å²) in [6.45, 7) is 1.97. The van der Waals surface area contributed by atoms with E-state index in [9.17, 15) is 14.0 Å². The zero-order valence-corrected chi connectivity index (χ0v) is 10.8. The van der Waals surface area contributed by atoms with Gasteiger partial charge in [0.25, 0.3) is 5.91 Å². The van der Waals surface area contributed by atoms with Gasteiger partial charge in [-0.15, -0.1) is 0 Å². The molecule has 2 amide bonds. The molecular formula is C14H17FN2O2. The van der Waals surface area contributed by atoms with E-state index in [0.717, 1.165) is 18.4 Å². The maximum atomic E-state index is 13.5. The standard InChI is InChI=1S/C14H17FN2O2/c1-9-2-5-11(12(15)8-9)14(19)16-7-6-13(18)17-10-3-4-10/h2,5,8,10H,3-4,6-7H2,1H3,(H,16,19)(H,17,18). The second kappa shape index (κ2) is 5.82. The number of nitrogens with one attached hydrogen (secondary N) is 2. The van der Waals surface area contributed by atoms with Gasteiger partial charge in [-0.25, -0.2) is 4.39 Å². The highest BCUT2D eigenvalue weighted by Crippen LogP contribution is 2.18. The highest BCUT2D eigenvalue weighted by Gasteiger charge is 2.22. The molecule has 5 heteroatoms. The van der Waals surface area contributed by atoms with Crippen molar-refractivity contribution in [3.63, 3.8) is 0 Å². The molecule has 0 heterocycles. The maximum absolute atomic E-state index is 13.5. The topological polar surface area (TPSA) is 58.2 Å². The van der Waals surface area contributed by atoms with Crippen molar-refractivity contribution < 1.29 is 14.0 Å². The van der Waals surface area contributed by atoms with Crippen molar-refractivity contribution in [1.82, 2.24) is 10.6 Å². The smallest absolute Gasteiger partial charge is 0.254 e. The third kappa shape index (κ3) is 4.05. The van der Waals surface area contributed by atoms with Gasteiger partial charge in [0.05, 0.1) is 5.56 Å². The molecule has 1 fully saturated rings. The van der Waals surface area contributed by atoms with Crippen LogP contribution in [0.3, 0.4) is 0 Å². The van der Waals surface area contributed by atoms with Crippen LogP contribution >= 0.6 is 0 Å². The van der Waals surface area contributed by atoms with Crippen LogP contribution in [-0.2, 0) is 4.79 Å². The lowest BCUT2D eigenvalue weighted by atomic mass is 10.1. The van der Waals surface area contributed by atoms with Crippen molar-refractivity contribution in [3.05, 3.63) is 35.1 Å². The molecule has 0 saturated heterocycles. The van der Waals surface area contributed by atoms with E-state index >= 15 is 0 Å². The zero-order valence-electron chi connectivity index (χ0n) is 10.8. The summed E-state index contributed by atoms with van der Waals surface area (Å²) in [5, 5.41) is 5.37. The molecule has 4 nitrogen and oxygen atoms in total. The monoisotopic (exact) mass is 264 g/mol. The number of amides is 2. The van der Waals surface area contributed by atoms with Crippen LogP contribution in [0.5, 0.6) is 0 Å².